The molecule has 0 aliphatic heterocycles. The van der Waals surface area contributed by atoms with E-state index in [1.54, 1.807) is 0 Å². The topological polar surface area (TPSA) is 81.2 Å². The van der Waals surface area contributed by atoms with E-state index in [1.807, 2.05) is 84.9 Å². The van der Waals surface area contributed by atoms with E-state index >= 15 is 0 Å². The molecule has 9 aromatic rings. The van der Waals surface area contributed by atoms with Crippen LogP contribution in [0.5, 0.6) is 0 Å². The smallest absolute Gasteiger partial charge is 0.101 e. The summed E-state index contributed by atoms with van der Waals surface area (Å²) in [5.74, 6) is 0. The number of rotatable bonds is 4. The van der Waals surface area contributed by atoms with Gasteiger partial charge in [-0.1, -0.05) is 84.9 Å². The molecule has 7 aromatic carbocycles. The summed E-state index contributed by atoms with van der Waals surface area (Å²) in [5, 5.41) is 34.5. The first kappa shape index (κ1) is 28.8. The van der Waals surface area contributed by atoms with Gasteiger partial charge in [0.1, 0.15) is 6.07 Å². The van der Waals surface area contributed by atoms with Gasteiger partial charge in [-0.2, -0.15) is 15.8 Å². The third-order valence-corrected chi connectivity index (χ3v) is 9.65. The van der Waals surface area contributed by atoms with E-state index in [0.29, 0.717) is 16.7 Å². The molecule has 0 bridgehead atoms. The van der Waals surface area contributed by atoms with Crippen molar-refractivity contribution in [3.8, 4) is 51.8 Å². The quantitative estimate of drug-likeness (QED) is 0.193. The van der Waals surface area contributed by atoms with Crippen molar-refractivity contribution in [2.75, 3.05) is 0 Å². The van der Waals surface area contributed by atoms with Crippen LogP contribution in [0.1, 0.15) is 16.7 Å². The highest BCUT2D eigenvalue weighted by atomic mass is 15.0. The molecule has 9 rings (SSSR count). The largest absolute Gasteiger partial charge is 0.309 e. The van der Waals surface area contributed by atoms with Gasteiger partial charge in [-0.15, -0.1) is 0 Å². The first-order valence-corrected chi connectivity index (χ1v) is 16.3. The molecule has 2 aromatic heterocycles. The Morgan fingerprint density at radius 3 is 1.60 bits per heavy atom. The van der Waals surface area contributed by atoms with Crippen LogP contribution in [-0.4, -0.2) is 9.13 Å². The first-order chi connectivity index (χ1) is 24.7. The highest BCUT2D eigenvalue weighted by Gasteiger charge is 2.20. The molecule has 230 valence electrons. The van der Waals surface area contributed by atoms with E-state index < -0.39 is 0 Å². The molecule has 0 aliphatic carbocycles. The van der Waals surface area contributed by atoms with Crippen LogP contribution in [0.4, 0.5) is 0 Å². The predicted molar refractivity (Wildman–Crippen MR) is 200 cm³/mol. The van der Waals surface area contributed by atoms with Crippen molar-refractivity contribution >= 4 is 43.6 Å². The number of hydrogen-bond donors (Lipinski definition) is 0. The van der Waals surface area contributed by atoms with Gasteiger partial charge in [-0.3, -0.25) is 0 Å². The van der Waals surface area contributed by atoms with Crippen molar-refractivity contribution in [1.82, 2.24) is 9.13 Å². The number of para-hydroxylation sites is 4. The van der Waals surface area contributed by atoms with Gasteiger partial charge in [0.25, 0.3) is 0 Å². The fourth-order valence-corrected chi connectivity index (χ4v) is 7.43. The minimum absolute atomic E-state index is 0.567. The van der Waals surface area contributed by atoms with E-state index in [1.165, 1.54) is 0 Å². The van der Waals surface area contributed by atoms with Crippen LogP contribution >= 0.6 is 0 Å². The number of nitrogens with zero attached hydrogens (tertiary/aromatic N) is 5. The van der Waals surface area contributed by atoms with Crippen molar-refractivity contribution in [1.29, 1.82) is 15.8 Å². The molecule has 0 spiro atoms. The Morgan fingerprint density at radius 2 is 0.960 bits per heavy atom. The second kappa shape index (κ2) is 11.4. The Bertz CT molecular complexity index is 2900. The number of benzene rings is 7. The van der Waals surface area contributed by atoms with Crippen molar-refractivity contribution in [2.24, 2.45) is 0 Å². The van der Waals surface area contributed by atoms with Crippen molar-refractivity contribution in [2.45, 2.75) is 0 Å². The SMILES string of the molecule is N#Cc1ccc2c(c1)c1ccccc1n2-c1ccc(-c2cc(-c3cccc(C#N)c3-n3c4ccccc4c4ccccc43)ccc2C#N)cc1. The Labute approximate surface area is 287 Å². The van der Waals surface area contributed by atoms with E-state index in [9.17, 15) is 15.8 Å². The second-order valence-corrected chi connectivity index (χ2v) is 12.3. The third kappa shape index (κ3) is 4.31. The van der Waals surface area contributed by atoms with Crippen LogP contribution in [0.15, 0.2) is 152 Å². The van der Waals surface area contributed by atoms with Crippen LogP contribution in [-0.2, 0) is 0 Å². The van der Waals surface area contributed by atoms with Gasteiger partial charge in [0.15, 0.2) is 0 Å². The molecule has 0 fully saturated rings. The molecule has 0 atom stereocenters. The van der Waals surface area contributed by atoms with Crippen LogP contribution in [0.2, 0.25) is 0 Å². The van der Waals surface area contributed by atoms with E-state index in [4.69, 9.17) is 0 Å². The first-order valence-electron chi connectivity index (χ1n) is 16.3. The van der Waals surface area contributed by atoms with Crippen molar-refractivity contribution in [3.63, 3.8) is 0 Å². The average Bonchev–Trinajstić information content (AvgIpc) is 3.70. The molecule has 5 heteroatoms. The van der Waals surface area contributed by atoms with Crippen LogP contribution in [0, 0.1) is 34.0 Å². The van der Waals surface area contributed by atoms with Gasteiger partial charge in [0.2, 0.25) is 0 Å². The Morgan fingerprint density at radius 1 is 0.380 bits per heavy atom. The summed E-state index contributed by atoms with van der Waals surface area (Å²) in [7, 11) is 0. The molecular formula is C45H25N5. The predicted octanol–water partition coefficient (Wildman–Crippen LogP) is 10.8. The molecule has 0 saturated heterocycles. The zero-order valence-electron chi connectivity index (χ0n) is 26.7. The van der Waals surface area contributed by atoms with Gasteiger partial charge in [-0.25, -0.2) is 0 Å². The summed E-state index contributed by atoms with van der Waals surface area (Å²) in [5.41, 5.74) is 11.2. The van der Waals surface area contributed by atoms with Gasteiger partial charge in [0.05, 0.1) is 56.6 Å². The van der Waals surface area contributed by atoms with Crippen LogP contribution in [0.25, 0.3) is 77.2 Å². The van der Waals surface area contributed by atoms with Gasteiger partial charge in [-0.05, 0) is 77.9 Å². The number of aromatic nitrogens is 2. The van der Waals surface area contributed by atoms with E-state index in [-0.39, 0.29) is 0 Å². The molecule has 0 radical (unpaired) electrons. The third-order valence-electron chi connectivity index (χ3n) is 9.65. The number of nitriles is 3. The molecule has 50 heavy (non-hydrogen) atoms. The van der Waals surface area contributed by atoms with Crippen LogP contribution in [0.3, 0.4) is 0 Å². The Hall–Kier alpha value is -7.39. The summed E-state index contributed by atoms with van der Waals surface area (Å²) >= 11 is 0. The maximum Gasteiger partial charge on any atom is 0.101 e. The summed E-state index contributed by atoms with van der Waals surface area (Å²) in [6, 6.07) is 57.7. The Balaban J connectivity index is 1.21. The van der Waals surface area contributed by atoms with Gasteiger partial charge < -0.3 is 9.13 Å². The summed E-state index contributed by atoms with van der Waals surface area (Å²) in [4.78, 5) is 0. The molecular weight excluding hydrogens is 611 g/mol. The fourth-order valence-electron chi connectivity index (χ4n) is 7.43. The van der Waals surface area contributed by atoms with Gasteiger partial charge >= 0.3 is 0 Å². The summed E-state index contributed by atoms with van der Waals surface area (Å²) < 4.78 is 4.40. The molecule has 0 unspecified atom stereocenters. The van der Waals surface area contributed by atoms with Crippen molar-refractivity contribution in [3.05, 3.63) is 168 Å². The van der Waals surface area contributed by atoms with E-state index in [0.717, 1.165) is 77.2 Å². The standard InChI is InChI=1S/C45H25N5/c46-26-29-16-23-44-40(24-29)38-11-3-4-13-41(38)49(44)34-21-19-30(20-22-34)39-25-31(17-18-32(39)27-47)35-12-7-8-33(28-48)45(35)50-42-14-5-1-9-36(42)37-10-2-6-15-43(37)50/h1-25H. The maximum atomic E-state index is 10.4. The highest BCUT2D eigenvalue weighted by Crippen LogP contribution is 2.40. The lowest BCUT2D eigenvalue weighted by Crippen LogP contribution is -2.01. The van der Waals surface area contributed by atoms with Crippen LogP contribution < -0.4 is 0 Å². The minimum Gasteiger partial charge on any atom is -0.309 e. The minimum atomic E-state index is 0.567. The Kier molecular flexibility index (Phi) is 6.56. The van der Waals surface area contributed by atoms with E-state index in [2.05, 4.69) is 94.1 Å². The fraction of sp³-hybridized carbons (Fsp3) is 0. The molecule has 0 saturated carbocycles. The lowest BCUT2D eigenvalue weighted by molar-refractivity contribution is 1.17. The van der Waals surface area contributed by atoms with Gasteiger partial charge in [0, 0.05) is 38.4 Å². The molecule has 0 N–H and O–H groups in total. The van der Waals surface area contributed by atoms with Crippen molar-refractivity contribution < 1.29 is 0 Å². The average molecular weight is 636 g/mol. The number of fused-ring (bicyclic) bond motifs is 6. The monoisotopic (exact) mass is 635 g/mol. The zero-order valence-corrected chi connectivity index (χ0v) is 26.7. The summed E-state index contributed by atoms with van der Waals surface area (Å²) in [6.45, 7) is 0. The summed E-state index contributed by atoms with van der Waals surface area (Å²) in [6.07, 6.45) is 0. The highest BCUT2D eigenvalue weighted by molar-refractivity contribution is 6.11. The zero-order chi connectivity index (χ0) is 33.8. The lowest BCUT2D eigenvalue weighted by Gasteiger charge is -2.17. The molecule has 2 heterocycles. The second-order valence-electron chi connectivity index (χ2n) is 12.3. The normalized spacial score (nSPS) is 11.1. The number of hydrogen-bond acceptors (Lipinski definition) is 3. The lowest BCUT2D eigenvalue weighted by atomic mass is 9.93. The molecule has 0 aliphatic rings. The maximum absolute atomic E-state index is 10.4. The molecule has 5 nitrogen and oxygen atoms in total. The molecule has 0 amide bonds.